The minimum absolute atomic E-state index is 0.0821. The summed E-state index contributed by atoms with van der Waals surface area (Å²) in [6.45, 7) is 7.82. The molecule has 1 saturated heterocycles. The van der Waals surface area contributed by atoms with Crippen molar-refractivity contribution in [2.24, 2.45) is 5.92 Å². The number of hydrogen-bond donors (Lipinski definition) is 1. The number of fused-ring (bicyclic) bond motifs is 7. The van der Waals surface area contributed by atoms with Gasteiger partial charge in [-0.15, -0.1) is 0 Å². The molecule has 2 fully saturated rings. The predicted octanol–water partition coefficient (Wildman–Crippen LogP) is 7.83. The Morgan fingerprint density at radius 3 is 2.82 bits per heavy atom. The van der Waals surface area contributed by atoms with Crippen molar-refractivity contribution in [2.45, 2.75) is 70.9 Å². The molecule has 4 atom stereocenters. The molecule has 8 heteroatoms. The van der Waals surface area contributed by atoms with Crippen LogP contribution in [0.2, 0.25) is 0 Å². The van der Waals surface area contributed by atoms with E-state index in [4.69, 9.17) is 14.5 Å². The van der Waals surface area contributed by atoms with Crippen LogP contribution in [0.4, 0.5) is 4.79 Å². The number of carbonyl (C=O) groups excluding carboxylic acids is 1. The minimum Gasteiger partial charge on any atom is -0.470 e. The van der Waals surface area contributed by atoms with Crippen molar-refractivity contribution in [3.8, 4) is 28.3 Å². The van der Waals surface area contributed by atoms with Crippen LogP contribution < -0.4 is 4.74 Å². The van der Waals surface area contributed by atoms with E-state index in [0.717, 1.165) is 63.3 Å². The van der Waals surface area contributed by atoms with E-state index in [1.165, 1.54) is 5.39 Å². The van der Waals surface area contributed by atoms with Gasteiger partial charge in [0.2, 0.25) is 0 Å². The molecule has 2 aromatic heterocycles. The normalized spacial score (nSPS) is 23.9. The van der Waals surface area contributed by atoms with Crippen LogP contribution in [0.25, 0.3) is 33.4 Å². The van der Waals surface area contributed by atoms with Gasteiger partial charge >= 0.3 is 6.09 Å². The van der Waals surface area contributed by atoms with Crippen LogP contribution >= 0.6 is 15.9 Å². The maximum absolute atomic E-state index is 13.1. The van der Waals surface area contributed by atoms with Gasteiger partial charge in [-0.25, -0.2) is 9.78 Å². The van der Waals surface area contributed by atoms with Crippen molar-refractivity contribution >= 4 is 32.9 Å². The van der Waals surface area contributed by atoms with Gasteiger partial charge in [0.05, 0.1) is 29.1 Å². The largest absolute Gasteiger partial charge is 0.470 e. The Balaban J connectivity index is 1.21. The molecule has 1 amide bonds. The third-order valence-corrected chi connectivity index (χ3v) is 8.59. The number of hydrogen-bond acceptors (Lipinski definition) is 4. The zero-order valence-corrected chi connectivity index (χ0v) is 23.6. The van der Waals surface area contributed by atoms with Gasteiger partial charge in [0, 0.05) is 27.0 Å². The maximum atomic E-state index is 13.1. The number of amides is 1. The Hall–Kier alpha value is -3.26. The lowest BCUT2D eigenvalue weighted by molar-refractivity contribution is 0.00620. The molecule has 2 aliphatic heterocycles. The summed E-state index contributed by atoms with van der Waals surface area (Å²) in [5.74, 6) is 2.09. The number of carbonyl (C=O) groups is 1. The predicted molar refractivity (Wildman–Crippen MR) is 150 cm³/mol. The van der Waals surface area contributed by atoms with Crippen molar-refractivity contribution in [1.29, 1.82) is 0 Å². The number of imidazole rings is 1. The van der Waals surface area contributed by atoms with E-state index in [-0.39, 0.29) is 24.4 Å². The molecule has 3 aliphatic rings. The summed E-state index contributed by atoms with van der Waals surface area (Å²) in [6, 6.07) is 15.0. The number of ether oxygens (including phenoxy) is 2. The molecule has 196 valence electrons. The molecule has 2 bridgehead atoms. The van der Waals surface area contributed by atoms with E-state index in [1.807, 2.05) is 31.9 Å². The number of nitrogens with zero attached hydrogens (tertiary/aromatic N) is 3. The average molecular weight is 576 g/mol. The zero-order chi connectivity index (χ0) is 26.3. The van der Waals surface area contributed by atoms with E-state index in [9.17, 15) is 4.79 Å². The molecule has 4 aromatic rings. The number of nitrogens with one attached hydrogen (secondary N) is 1. The monoisotopic (exact) mass is 574 g/mol. The summed E-state index contributed by atoms with van der Waals surface area (Å²) in [5, 5.41) is 1.18. The third-order valence-electron chi connectivity index (χ3n) is 8.10. The first kappa shape index (κ1) is 23.8. The van der Waals surface area contributed by atoms with Crippen molar-refractivity contribution < 1.29 is 14.3 Å². The first-order valence-corrected chi connectivity index (χ1v) is 14.1. The first-order valence-electron chi connectivity index (χ1n) is 13.3. The second kappa shape index (κ2) is 8.37. The second-order valence-electron chi connectivity index (χ2n) is 11.8. The average Bonchev–Trinajstić information content (AvgIpc) is 3.64. The second-order valence-corrected chi connectivity index (χ2v) is 12.7. The van der Waals surface area contributed by atoms with Gasteiger partial charge in [0.15, 0.2) is 6.23 Å². The molecule has 7 nitrogen and oxygen atoms in total. The Morgan fingerprint density at radius 1 is 1.16 bits per heavy atom. The number of piperidine rings is 1. The van der Waals surface area contributed by atoms with Crippen LogP contribution in [0.1, 0.15) is 65.1 Å². The lowest BCUT2D eigenvalue weighted by Crippen LogP contribution is -2.43. The number of aromatic nitrogens is 3. The maximum Gasteiger partial charge on any atom is 0.411 e. The highest BCUT2D eigenvalue weighted by Gasteiger charge is 2.51. The fourth-order valence-electron chi connectivity index (χ4n) is 6.59. The number of H-pyrrole nitrogens is 1. The molecule has 0 radical (unpaired) electrons. The van der Waals surface area contributed by atoms with Crippen molar-refractivity contribution in [3.63, 3.8) is 0 Å². The highest BCUT2D eigenvalue weighted by atomic mass is 79.9. The van der Waals surface area contributed by atoms with E-state index < -0.39 is 5.60 Å². The Morgan fingerprint density at radius 2 is 2.00 bits per heavy atom. The van der Waals surface area contributed by atoms with E-state index in [0.29, 0.717) is 5.92 Å². The number of likely N-dealkylation sites (tertiary alicyclic amines) is 1. The standard InChI is InChI=1S/C30H31BrN4O3/c1-16-34-24-10-7-20(31)11-19(24)13-25(34)22-9-6-17(14-26(22)37-16)23-15-32-28(33-23)27-18-5-8-21(12-18)35(27)29(36)38-30(2,3)4/h6-7,9-11,13-16,18,21,27H,5,8,12H2,1-4H3,(H,32,33). The molecule has 4 unspecified atom stereocenters. The van der Waals surface area contributed by atoms with Gasteiger partial charge in [-0.1, -0.05) is 22.0 Å². The lowest BCUT2D eigenvalue weighted by Gasteiger charge is -2.35. The number of benzene rings is 2. The Kier molecular flexibility index (Phi) is 5.25. The van der Waals surface area contributed by atoms with Crippen LogP contribution in [0, 0.1) is 5.92 Å². The highest BCUT2D eigenvalue weighted by Crippen LogP contribution is 2.50. The number of aromatic amines is 1. The smallest absolute Gasteiger partial charge is 0.411 e. The van der Waals surface area contributed by atoms with Gasteiger partial charge in [-0.2, -0.15) is 0 Å². The topological polar surface area (TPSA) is 72.4 Å². The zero-order valence-electron chi connectivity index (χ0n) is 22.0. The van der Waals surface area contributed by atoms with E-state index in [2.05, 4.69) is 74.9 Å². The van der Waals surface area contributed by atoms with Crippen LogP contribution in [-0.2, 0) is 4.74 Å². The van der Waals surface area contributed by atoms with Crippen molar-refractivity contribution in [1.82, 2.24) is 19.4 Å². The molecule has 38 heavy (non-hydrogen) atoms. The van der Waals surface area contributed by atoms with Crippen LogP contribution in [0.3, 0.4) is 0 Å². The van der Waals surface area contributed by atoms with Crippen LogP contribution in [-0.4, -0.2) is 37.2 Å². The first-order chi connectivity index (χ1) is 18.2. The van der Waals surface area contributed by atoms with Gasteiger partial charge in [-0.3, -0.25) is 4.90 Å². The van der Waals surface area contributed by atoms with Crippen molar-refractivity contribution in [3.05, 3.63) is 59.0 Å². The van der Waals surface area contributed by atoms with Crippen LogP contribution in [0.5, 0.6) is 5.75 Å². The minimum atomic E-state index is -0.528. The molecular formula is C30H31BrN4O3. The van der Waals surface area contributed by atoms with E-state index in [1.54, 1.807) is 0 Å². The molecular weight excluding hydrogens is 544 g/mol. The molecule has 2 aromatic carbocycles. The summed E-state index contributed by atoms with van der Waals surface area (Å²) < 4.78 is 15.5. The van der Waals surface area contributed by atoms with Gasteiger partial charge in [0.1, 0.15) is 17.2 Å². The van der Waals surface area contributed by atoms with Gasteiger partial charge in [-0.05, 0) is 89.3 Å². The summed E-state index contributed by atoms with van der Waals surface area (Å²) in [5.41, 5.74) is 4.78. The fraction of sp³-hybridized carbons (Fsp3) is 0.400. The van der Waals surface area contributed by atoms with Gasteiger partial charge in [0.25, 0.3) is 0 Å². The molecule has 7 rings (SSSR count). The quantitative estimate of drug-likeness (QED) is 0.264. The summed E-state index contributed by atoms with van der Waals surface area (Å²) in [6.07, 6.45) is 4.65. The summed E-state index contributed by atoms with van der Waals surface area (Å²) in [4.78, 5) is 23.4. The lowest BCUT2D eigenvalue weighted by atomic mass is 9.98. The fourth-order valence-corrected chi connectivity index (χ4v) is 6.97. The number of rotatable bonds is 2. The molecule has 4 heterocycles. The molecule has 1 N–H and O–H groups in total. The third kappa shape index (κ3) is 3.75. The van der Waals surface area contributed by atoms with E-state index >= 15 is 0 Å². The van der Waals surface area contributed by atoms with Crippen LogP contribution in [0.15, 0.2) is 53.1 Å². The summed E-state index contributed by atoms with van der Waals surface area (Å²) in [7, 11) is 0. The Bertz CT molecular complexity index is 1580. The Labute approximate surface area is 230 Å². The molecule has 1 aliphatic carbocycles. The molecule has 1 saturated carbocycles. The molecule has 0 spiro atoms. The SMILES string of the molecule is CC1Oc2cc(-c3cnc(C4C5CCC(C5)N4C(=O)OC(C)(C)C)[nH]3)ccc2-c2cc3cc(Br)ccc3n21. The summed E-state index contributed by atoms with van der Waals surface area (Å²) >= 11 is 3.59. The van der Waals surface area contributed by atoms with Crippen molar-refractivity contribution in [2.75, 3.05) is 0 Å². The van der Waals surface area contributed by atoms with Gasteiger partial charge < -0.3 is 19.0 Å². The highest BCUT2D eigenvalue weighted by molar-refractivity contribution is 9.10. The number of halogens is 1.